The van der Waals surface area contributed by atoms with E-state index in [2.05, 4.69) is 11.0 Å². The summed E-state index contributed by atoms with van der Waals surface area (Å²) >= 11 is 0. The fraction of sp³-hybridized carbons (Fsp3) is 0.400. The SMILES string of the molecule is COc1ccc(C(C#N)N2CCN(C(=O)C3CC(=O)N(c4ccc(C)cc4)C3)CC2)cc1. The zero-order chi connectivity index (χ0) is 22.7. The first-order valence-electron chi connectivity index (χ1n) is 10.9. The molecule has 2 fully saturated rings. The van der Waals surface area contributed by atoms with Gasteiger partial charge in [-0.3, -0.25) is 14.5 Å². The molecule has 0 spiro atoms. The highest BCUT2D eigenvalue weighted by Crippen LogP contribution is 2.28. The van der Waals surface area contributed by atoms with Gasteiger partial charge in [0.2, 0.25) is 11.8 Å². The first kappa shape index (κ1) is 21.8. The quantitative estimate of drug-likeness (QED) is 0.726. The van der Waals surface area contributed by atoms with E-state index in [1.54, 1.807) is 12.0 Å². The molecule has 2 unspecified atom stereocenters. The number of methoxy groups -OCH3 is 1. The highest BCUT2D eigenvalue weighted by Gasteiger charge is 2.38. The van der Waals surface area contributed by atoms with Crippen LogP contribution < -0.4 is 9.64 Å². The van der Waals surface area contributed by atoms with Crippen molar-refractivity contribution < 1.29 is 14.3 Å². The van der Waals surface area contributed by atoms with Gasteiger partial charge in [0.05, 0.1) is 19.1 Å². The van der Waals surface area contributed by atoms with E-state index in [4.69, 9.17) is 4.74 Å². The molecule has 7 nitrogen and oxygen atoms in total. The van der Waals surface area contributed by atoms with Crippen LogP contribution >= 0.6 is 0 Å². The number of hydrogen-bond donors (Lipinski definition) is 0. The van der Waals surface area contributed by atoms with E-state index in [-0.39, 0.29) is 30.2 Å². The van der Waals surface area contributed by atoms with Gasteiger partial charge in [-0.25, -0.2) is 0 Å². The standard InChI is InChI=1S/C25H28N4O3/c1-18-3-7-21(8-4-18)29-17-20(15-24(29)30)25(31)28-13-11-27(12-14-28)23(16-26)19-5-9-22(32-2)10-6-19/h3-10,20,23H,11-15,17H2,1-2H3. The lowest BCUT2D eigenvalue weighted by Gasteiger charge is -2.38. The molecule has 2 saturated heterocycles. The number of carbonyl (C=O) groups excluding carboxylic acids is 2. The van der Waals surface area contributed by atoms with Crippen molar-refractivity contribution in [1.82, 2.24) is 9.80 Å². The molecule has 4 rings (SSSR count). The molecule has 2 aromatic carbocycles. The highest BCUT2D eigenvalue weighted by molar-refractivity contribution is 6.00. The van der Waals surface area contributed by atoms with Gasteiger partial charge in [0.25, 0.3) is 0 Å². The number of rotatable bonds is 5. The maximum absolute atomic E-state index is 13.1. The van der Waals surface area contributed by atoms with Crippen LogP contribution in [-0.4, -0.2) is 61.4 Å². The molecule has 2 aliphatic heterocycles. The minimum absolute atomic E-state index is 0.00473. The normalized spacial score (nSPS) is 20.2. The second-order valence-corrected chi connectivity index (χ2v) is 8.41. The molecule has 2 heterocycles. The summed E-state index contributed by atoms with van der Waals surface area (Å²) in [5.74, 6) is 0.468. The molecule has 0 aliphatic carbocycles. The van der Waals surface area contributed by atoms with Gasteiger partial charge in [0, 0.05) is 44.8 Å². The van der Waals surface area contributed by atoms with E-state index >= 15 is 0 Å². The minimum Gasteiger partial charge on any atom is -0.497 e. The van der Waals surface area contributed by atoms with Gasteiger partial charge >= 0.3 is 0 Å². The van der Waals surface area contributed by atoms with Crippen molar-refractivity contribution in [2.75, 3.05) is 44.7 Å². The van der Waals surface area contributed by atoms with Crippen LogP contribution in [0.25, 0.3) is 0 Å². The first-order chi connectivity index (χ1) is 15.5. The number of hydrogen-bond acceptors (Lipinski definition) is 5. The number of aryl methyl sites for hydroxylation is 1. The molecule has 0 bridgehead atoms. The van der Waals surface area contributed by atoms with Crippen LogP contribution in [0.5, 0.6) is 5.75 Å². The van der Waals surface area contributed by atoms with Crippen LogP contribution in [0, 0.1) is 24.2 Å². The van der Waals surface area contributed by atoms with E-state index in [1.165, 1.54) is 0 Å². The molecular weight excluding hydrogens is 404 g/mol. The van der Waals surface area contributed by atoms with E-state index in [1.807, 2.05) is 60.4 Å². The Morgan fingerprint density at radius 3 is 2.31 bits per heavy atom. The third-order valence-corrected chi connectivity index (χ3v) is 6.36. The second-order valence-electron chi connectivity index (χ2n) is 8.41. The van der Waals surface area contributed by atoms with Crippen molar-refractivity contribution in [2.45, 2.75) is 19.4 Å². The summed E-state index contributed by atoms with van der Waals surface area (Å²) in [6.45, 7) is 4.79. The fourth-order valence-electron chi connectivity index (χ4n) is 4.46. The smallest absolute Gasteiger partial charge is 0.228 e. The van der Waals surface area contributed by atoms with Gasteiger partial charge in [-0.2, -0.15) is 5.26 Å². The number of carbonyl (C=O) groups is 2. The van der Waals surface area contributed by atoms with Gasteiger partial charge in [-0.1, -0.05) is 29.8 Å². The van der Waals surface area contributed by atoms with Gasteiger partial charge in [0.15, 0.2) is 0 Å². The molecule has 166 valence electrons. The second kappa shape index (κ2) is 9.41. The Hall–Kier alpha value is -3.37. The maximum atomic E-state index is 13.1. The summed E-state index contributed by atoms with van der Waals surface area (Å²) in [7, 11) is 1.62. The van der Waals surface area contributed by atoms with Crippen LogP contribution in [-0.2, 0) is 9.59 Å². The molecule has 0 saturated carbocycles. The average Bonchev–Trinajstić information content (AvgIpc) is 3.22. The van der Waals surface area contributed by atoms with Crippen molar-refractivity contribution in [3.05, 3.63) is 59.7 Å². The summed E-state index contributed by atoms with van der Waals surface area (Å²) < 4.78 is 5.20. The van der Waals surface area contributed by atoms with E-state index in [9.17, 15) is 14.9 Å². The molecule has 7 heteroatoms. The molecule has 2 atom stereocenters. The Bertz CT molecular complexity index is 1000. The van der Waals surface area contributed by atoms with Crippen LogP contribution in [0.1, 0.15) is 23.6 Å². The average molecular weight is 433 g/mol. The number of ether oxygens (including phenoxy) is 1. The van der Waals surface area contributed by atoms with Crippen molar-refractivity contribution >= 4 is 17.5 Å². The predicted molar refractivity (Wildman–Crippen MR) is 121 cm³/mol. The Labute approximate surface area is 188 Å². The fourth-order valence-corrected chi connectivity index (χ4v) is 4.46. The van der Waals surface area contributed by atoms with Crippen LogP contribution in [0.3, 0.4) is 0 Å². The molecule has 0 aromatic heterocycles. The van der Waals surface area contributed by atoms with Gasteiger partial charge in [-0.15, -0.1) is 0 Å². The number of piperazine rings is 1. The summed E-state index contributed by atoms with van der Waals surface area (Å²) in [6.07, 6.45) is 0.250. The van der Waals surface area contributed by atoms with Crippen molar-refractivity contribution in [3.8, 4) is 11.8 Å². The van der Waals surface area contributed by atoms with Crippen LogP contribution in [0.15, 0.2) is 48.5 Å². The molecule has 2 aliphatic rings. The Balaban J connectivity index is 1.35. The lowest BCUT2D eigenvalue weighted by atomic mass is 10.0. The number of amides is 2. The number of nitriles is 1. The summed E-state index contributed by atoms with van der Waals surface area (Å²) in [5, 5.41) is 9.74. The van der Waals surface area contributed by atoms with E-state index in [0.29, 0.717) is 32.7 Å². The van der Waals surface area contributed by atoms with Gasteiger partial charge in [0.1, 0.15) is 11.8 Å². The van der Waals surface area contributed by atoms with E-state index in [0.717, 1.165) is 22.6 Å². The Kier molecular flexibility index (Phi) is 6.42. The Morgan fingerprint density at radius 1 is 1.06 bits per heavy atom. The third kappa shape index (κ3) is 4.46. The van der Waals surface area contributed by atoms with Gasteiger partial charge in [-0.05, 0) is 36.8 Å². The lowest BCUT2D eigenvalue weighted by Crippen LogP contribution is -2.51. The summed E-state index contributed by atoms with van der Waals surface area (Å²) in [6, 6.07) is 17.4. The molecule has 0 N–H and O–H groups in total. The number of benzene rings is 2. The van der Waals surface area contributed by atoms with Crippen LogP contribution in [0.2, 0.25) is 0 Å². The summed E-state index contributed by atoms with van der Waals surface area (Å²) in [4.78, 5) is 31.3. The molecule has 0 radical (unpaired) electrons. The molecule has 2 amide bonds. The monoisotopic (exact) mass is 432 g/mol. The molecule has 32 heavy (non-hydrogen) atoms. The minimum atomic E-state index is -0.358. The zero-order valence-electron chi connectivity index (χ0n) is 18.5. The number of anilines is 1. The van der Waals surface area contributed by atoms with Crippen molar-refractivity contribution in [3.63, 3.8) is 0 Å². The zero-order valence-corrected chi connectivity index (χ0v) is 18.5. The first-order valence-corrected chi connectivity index (χ1v) is 10.9. The number of nitrogens with zero attached hydrogens (tertiary/aromatic N) is 4. The van der Waals surface area contributed by atoms with Gasteiger partial charge < -0.3 is 14.5 Å². The predicted octanol–water partition coefficient (Wildman–Crippen LogP) is 2.77. The Morgan fingerprint density at radius 2 is 1.72 bits per heavy atom. The van der Waals surface area contributed by atoms with Crippen molar-refractivity contribution in [1.29, 1.82) is 5.26 Å². The van der Waals surface area contributed by atoms with E-state index < -0.39 is 0 Å². The lowest BCUT2D eigenvalue weighted by molar-refractivity contribution is -0.137. The highest BCUT2D eigenvalue weighted by atomic mass is 16.5. The maximum Gasteiger partial charge on any atom is 0.228 e. The topological polar surface area (TPSA) is 76.9 Å². The van der Waals surface area contributed by atoms with Crippen LogP contribution in [0.4, 0.5) is 5.69 Å². The molecule has 2 aromatic rings. The third-order valence-electron chi connectivity index (χ3n) is 6.36. The summed E-state index contributed by atoms with van der Waals surface area (Å²) in [5.41, 5.74) is 2.90. The largest absolute Gasteiger partial charge is 0.497 e. The molecular formula is C25H28N4O3. The van der Waals surface area contributed by atoms with Crippen molar-refractivity contribution in [2.24, 2.45) is 5.92 Å².